The van der Waals surface area contributed by atoms with Crippen LogP contribution in [0.3, 0.4) is 0 Å². The minimum Gasteiger partial charge on any atom is -0.322 e. The SMILES string of the molecule is CC(N)c1nc2cccc(Cl)c2c(=O)n1-c1cc(Cl)[nH]n1. The summed E-state index contributed by atoms with van der Waals surface area (Å²) < 4.78 is 1.32. The molecule has 1 unspecified atom stereocenters. The van der Waals surface area contributed by atoms with Crippen LogP contribution in [0.15, 0.2) is 29.1 Å². The highest BCUT2D eigenvalue weighted by Crippen LogP contribution is 2.22. The first-order valence-corrected chi connectivity index (χ1v) is 6.92. The quantitative estimate of drug-likeness (QED) is 0.757. The van der Waals surface area contributed by atoms with E-state index >= 15 is 0 Å². The summed E-state index contributed by atoms with van der Waals surface area (Å²) in [4.78, 5) is 17.2. The van der Waals surface area contributed by atoms with Crippen molar-refractivity contribution in [2.24, 2.45) is 5.73 Å². The molecule has 0 aliphatic carbocycles. The van der Waals surface area contributed by atoms with E-state index in [1.807, 2.05) is 0 Å². The number of hydrogen-bond acceptors (Lipinski definition) is 4. The van der Waals surface area contributed by atoms with Gasteiger partial charge in [0.2, 0.25) is 0 Å². The number of fused-ring (bicyclic) bond motifs is 1. The molecule has 1 atom stereocenters. The fraction of sp³-hybridized carbons (Fsp3) is 0.154. The Kier molecular flexibility index (Phi) is 3.44. The molecule has 3 N–H and O–H groups in total. The number of nitrogens with two attached hydrogens (primary N) is 1. The molecule has 3 rings (SSSR count). The minimum atomic E-state index is -0.462. The van der Waals surface area contributed by atoms with Gasteiger partial charge in [-0.05, 0) is 19.1 Å². The van der Waals surface area contributed by atoms with Gasteiger partial charge in [0.1, 0.15) is 11.0 Å². The lowest BCUT2D eigenvalue weighted by atomic mass is 10.2. The molecule has 2 aromatic heterocycles. The van der Waals surface area contributed by atoms with Crippen molar-refractivity contribution in [2.45, 2.75) is 13.0 Å². The predicted octanol–water partition coefficient (Wildman–Crippen LogP) is 2.44. The first-order valence-electron chi connectivity index (χ1n) is 6.17. The van der Waals surface area contributed by atoms with Crippen LogP contribution in [-0.4, -0.2) is 19.7 Å². The van der Waals surface area contributed by atoms with E-state index in [4.69, 9.17) is 28.9 Å². The first-order chi connectivity index (χ1) is 9.99. The number of aromatic nitrogens is 4. The van der Waals surface area contributed by atoms with Crippen molar-refractivity contribution in [1.29, 1.82) is 0 Å². The predicted molar refractivity (Wildman–Crippen MR) is 82.1 cm³/mol. The highest BCUT2D eigenvalue weighted by molar-refractivity contribution is 6.35. The largest absolute Gasteiger partial charge is 0.322 e. The molecule has 108 valence electrons. The highest BCUT2D eigenvalue weighted by Gasteiger charge is 2.18. The number of hydrogen-bond donors (Lipinski definition) is 2. The fourth-order valence-electron chi connectivity index (χ4n) is 2.14. The van der Waals surface area contributed by atoms with Crippen LogP contribution in [0.4, 0.5) is 0 Å². The standard InChI is InChI=1S/C13H11Cl2N5O/c1-6(16)12-17-8-4-2-3-7(14)11(8)13(21)20(12)10-5-9(15)18-19-10/h2-6H,16H2,1H3,(H,18,19). The monoisotopic (exact) mass is 323 g/mol. The molecule has 0 aliphatic heterocycles. The van der Waals surface area contributed by atoms with Crippen LogP contribution in [0, 0.1) is 0 Å². The summed E-state index contributed by atoms with van der Waals surface area (Å²) in [6.07, 6.45) is 0. The van der Waals surface area contributed by atoms with Crippen LogP contribution in [0.2, 0.25) is 10.2 Å². The second-order valence-electron chi connectivity index (χ2n) is 4.61. The molecule has 0 saturated carbocycles. The normalized spacial score (nSPS) is 12.8. The van der Waals surface area contributed by atoms with Crippen LogP contribution in [0.25, 0.3) is 16.7 Å². The summed E-state index contributed by atoms with van der Waals surface area (Å²) >= 11 is 12.0. The number of halogens is 2. The molecule has 0 saturated heterocycles. The third-order valence-electron chi connectivity index (χ3n) is 3.04. The van der Waals surface area contributed by atoms with Crippen molar-refractivity contribution >= 4 is 34.1 Å². The van der Waals surface area contributed by atoms with Crippen molar-refractivity contribution in [2.75, 3.05) is 0 Å². The maximum Gasteiger partial charge on any atom is 0.268 e. The van der Waals surface area contributed by atoms with Gasteiger partial charge in [-0.3, -0.25) is 9.89 Å². The Morgan fingerprint density at radius 2 is 2.14 bits per heavy atom. The van der Waals surface area contributed by atoms with Gasteiger partial charge in [0, 0.05) is 6.07 Å². The zero-order valence-electron chi connectivity index (χ0n) is 11.0. The third-order valence-corrected chi connectivity index (χ3v) is 3.55. The molecular weight excluding hydrogens is 313 g/mol. The Hall–Kier alpha value is -1.89. The number of rotatable bonds is 2. The van der Waals surface area contributed by atoms with Gasteiger partial charge in [0.25, 0.3) is 5.56 Å². The molecule has 0 spiro atoms. The van der Waals surface area contributed by atoms with Crippen molar-refractivity contribution in [3.63, 3.8) is 0 Å². The molecule has 6 nitrogen and oxygen atoms in total. The zero-order valence-corrected chi connectivity index (χ0v) is 12.5. The topological polar surface area (TPSA) is 89.6 Å². The van der Waals surface area contributed by atoms with Gasteiger partial charge < -0.3 is 5.73 Å². The van der Waals surface area contributed by atoms with Gasteiger partial charge in [-0.25, -0.2) is 9.55 Å². The molecule has 0 fully saturated rings. The Labute approximate surface area is 129 Å². The Bertz CT molecular complexity index is 884. The van der Waals surface area contributed by atoms with E-state index in [0.29, 0.717) is 32.7 Å². The highest BCUT2D eigenvalue weighted by atomic mass is 35.5. The van der Waals surface area contributed by atoms with E-state index < -0.39 is 6.04 Å². The van der Waals surface area contributed by atoms with E-state index in [2.05, 4.69) is 15.2 Å². The lowest BCUT2D eigenvalue weighted by molar-refractivity contribution is 0.688. The molecule has 0 amide bonds. The summed E-state index contributed by atoms with van der Waals surface area (Å²) in [5, 5.41) is 7.54. The van der Waals surface area contributed by atoms with Crippen molar-refractivity contribution in [3.05, 3.63) is 50.6 Å². The number of H-pyrrole nitrogens is 1. The Morgan fingerprint density at radius 3 is 2.76 bits per heavy atom. The average molecular weight is 324 g/mol. The van der Waals surface area contributed by atoms with Crippen LogP contribution in [-0.2, 0) is 0 Å². The molecule has 3 aromatic rings. The van der Waals surface area contributed by atoms with E-state index in [-0.39, 0.29) is 5.56 Å². The molecule has 0 radical (unpaired) electrons. The molecule has 0 bridgehead atoms. The van der Waals surface area contributed by atoms with Crippen molar-refractivity contribution < 1.29 is 0 Å². The van der Waals surface area contributed by atoms with E-state index in [0.717, 1.165) is 0 Å². The average Bonchev–Trinajstić information content (AvgIpc) is 2.84. The van der Waals surface area contributed by atoms with Gasteiger partial charge in [-0.2, -0.15) is 5.10 Å². The molecule has 21 heavy (non-hydrogen) atoms. The molecule has 0 aliphatic rings. The van der Waals surface area contributed by atoms with Crippen molar-refractivity contribution in [3.8, 4) is 5.82 Å². The number of nitrogens with one attached hydrogen (secondary N) is 1. The van der Waals surface area contributed by atoms with E-state index in [9.17, 15) is 4.79 Å². The second kappa shape index (κ2) is 5.14. The third kappa shape index (κ3) is 2.31. The summed E-state index contributed by atoms with van der Waals surface area (Å²) in [6, 6.07) is 6.16. The van der Waals surface area contributed by atoms with Gasteiger partial charge in [-0.1, -0.05) is 29.3 Å². The van der Waals surface area contributed by atoms with Crippen molar-refractivity contribution in [1.82, 2.24) is 19.7 Å². The molecule has 2 heterocycles. The van der Waals surface area contributed by atoms with Gasteiger partial charge >= 0.3 is 0 Å². The summed E-state index contributed by atoms with van der Waals surface area (Å²) in [5.41, 5.74) is 6.10. The Morgan fingerprint density at radius 1 is 1.38 bits per heavy atom. The van der Waals surface area contributed by atoms with Gasteiger partial charge in [-0.15, -0.1) is 0 Å². The van der Waals surface area contributed by atoms with Crippen LogP contribution >= 0.6 is 23.2 Å². The Balaban J connectivity index is 2.46. The fourth-order valence-corrected chi connectivity index (χ4v) is 2.53. The molecule has 1 aromatic carbocycles. The number of aromatic amines is 1. The van der Waals surface area contributed by atoms with Crippen LogP contribution < -0.4 is 11.3 Å². The first kappa shape index (κ1) is 14.1. The van der Waals surface area contributed by atoms with Crippen LogP contribution in [0.5, 0.6) is 0 Å². The lowest BCUT2D eigenvalue weighted by Gasteiger charge is -2.14. The van der Waals surface area contributed by atoms with E-state index in [1.165, 1.54) is 10.6 Å². The van der Waals surface area contributed by atoms with E-state index in [1.54, 1.807) is 25.1 Å². The van der Waals surface area contributed by atoms with Gasteiger partial charge in [0.05, 0.1) is 22.0 Å². The smallest absolute Gasteiger partial charge is 0.268 e. The summed E-state index contributed by atoms with van der Waals surface area (Å²) in [5.74, 6) is 0.713. The van der Waals surface area contributed by atoms with Gasteiger partial charge in [0.15, 0.2) is 5.82 Å². The minimum absolute atomic E-state index is 0.312. The maximum absolute atomic E-state index is 12.8. The summed E-state index contributed by atoms with van der Waals surface area (Å²) in [7, 11) is 0. The maximum atomic E-state index is 12.8. The lowest BCUT2D eigenvalue weighted by Crippen LogP contribution is -2.27. The zero-order chi connectivity index (χ0) is 15.1. The number of nitrogens with zero attached hydrogens (tertiary/aromatic N) is 3. The van der Waals surface area contributed by atoms with Crippen LogP contribution in [0.1, 0.15) is 18.8 Å². The molecule has 8 heteroatoms. The summed E-state index contributed by atoms with van der Waals surface area (Å²) in [6.45, 7) is 1.74. The molecular formula is C13H11Cl2N5O. The second-order valence-corrected chi connectivity index (χ2v) is 5.42. The number of benzene rings is 1.